The van der Waals surface area contributed by atoms with Gasteiger partial charge in [0.15, 0.2) is 5.82 Å². The van der Waals surface area contributed by atoms with Crippen LogP contribution in [0.15, 0.2) is 36.5 Å². The Hall–Kier alpha value is -2.37. The number of anilines is 1. The van der Waals surface area contributed by atoms with Gasteiger partial charge in [-0.1, -0.05) is 31.4 Å². The van der Waals surface area contributed by atoms with E-state index < -0.39 is 0 Å². The molecule has 5 nitrogen and oxygen atoms in total. The summed E-state index contributed by atoms with van der Waals surface area (Å²) in [6.07, 6.45) is 7.50. The number of nitrogens with zero attached hydrogens (tertiary/aromatic N) is 2. The van der Waals surface area contributed by atoms with Gasteiger partial charge in [-0.3, -0.25) is 10.00 Å². The number of hydrogen-bond donors (Lipinski definition) is 2. The Balaban J connectivity index is 1.52. The molecule has 0 saturated heterocycles. The Kier molecular flexibility index (Phi) is 4.90. The van der Waals surface area contributed by atoms with Crippen LogP contribution >= 0.6 is 0 Å². The summed E-state index contributed by atoms with van der Waals surface area (Å²) in [6, 6.07) is 8.11. The lowest BCUT2D eigenvalue weighted by atomic mass is 9.96. The van der Waals surface area contributed by atoms with Crippen molar-refractivity contribution < 1.29 is 9.18 Å². The predicted molar refractivity (Wildman–Crippen MR) is 86.8 cm³/mol. The van der Waals surface area contributed by atoms with Crippen LogP contribution in [-0.2, 0) is 6.54 Å². The van der Waals surface area contributed by atoms with Crippen molar-refractivity contribution in [3.8, 4) is 0 Å². The zero-order valence-corrected chi connectivity index (χ0v) is 13.0. The molecule has 2 aromatic rings. The molecule has 0 aliphatic heterocycles. The highest BCUT2D eigenvalue weighted by molar-refractivity contribution is 5.88. The summed E-state index contributed by atoms with van der Waals surface area (Å²) in [6.45, 7) is 0.534. The number of benzene rings is 1. The quantitative estimate of drug-likeness (QED) is 0.906. The maximum atomic E-state index is 12.9. The van der Waals surface area contributed by atoms with Crippen molar-refractivity contribution in [3.05, 3.63) is 47.9 Å². The zero-order chi connectivity index (χ0) is 16.1. The molecular formula is C17H21FN4O. The van der Waals surface area contributed by atoms with Crippen LogP contribution in [0.25, 0.3) is 0 Å². The molecule has 1 saturated carbocycles. The Morgan fingerprint density at radius 3 is 2.65 bits per heavy atom. The van der Waals surface area contributed by atoms with E-state index in [1.54, 1.807) is 29.1 Å². The smallest absolute Gasteiger partial charge is 0.320 e. The maximum Gasteiger partial charge on any atom is 0.320 e. The monoisotopic (exact) mass is 316 g/mol. The van der Waals surface area contributed by atoms with E-state index in [0.717, 1.165) is 18.4 Å². The molecule has 0 radical (unpaired) electrons. The molecule has 6 heteroatoms. The minimum absolute atomic E-state index is 0.205. The normalized spacial score (nSPS) is 15.3. The second kappa shape index (κ2) is 7.26. The molecule has 3 rings (SSSR count). The molecule has 1 aliphatic carbocycles. The number of nitrogens with one attached hydrogen (secondary N) is 2. The van der Waals surface area contributed by atoms with E-state index in [-0.39, 0.29) is 17.9 Å². The molecule has 0 spiro atoms. The SMILES string of the molecule is O=C(Nc1ccn(Cc2ccc(F)cc2)n1)NC1CCCCC1. The summed E-state index contributed by atoms with van der Waals surface area (Å²) in [4.78, 5) is 12.0. The summed E-state index contributed by atoms with van der Waals surface area (Å²) in [7, 11) is 0. The Bertz CT molecular complexity index is 647. The lowest BCUT2D eigenvalue weighted by Crippen LogP contribution is -2.39. The van der Waals surface area contributed by atoms with Gasteiger partial charge in [-0.2, -0.15) is 5.10 Å². The van der Waals surface area contributed by atoms with E-state index in [0.29, 0.717) is 12.4 Å². The lowest BCUT2D eigenvalue weighted by Gasteiger charge is -2.22. The van der Waals surface area contributed by atoms with Gasteiger partial charge in [0.1, 0.15) is 5.82 Å². The number of amides is 2. The summed E-state index contributed by atoms with van der Waals surface area (Å²) >= 11 is 0. The first-order chi connectivity index (χ1) is 11.2. The minimum Gasteiger partial charge on any atom is -0.335 e. The first kappa shape index (κ1) is 15.5. The van der Waals surface area contributed by atoms with Gasteiger partial charge in [-0.15, -0.1) is 0 Å². The fraction of sp³-hybridized carbons (Fsp3) is 0.412. The summed E-state index contributed by atoms with van der Waals surface area (Å²) in [5, 5.41) is 10.1. The highest BCUT2D eigenvalue weighted by atomic mass is 19.1. The minimum atomic E-state index is -0.254. The standard InChI is InChI=1S/C17H21FN4O/c18-14-8-6-13(7-9-14)12-22-11-10-16(21-22)20-17(23)19-15-4-2-1-3-5-15/h6-11,15H,1-5,12H2,(H2,19,20,21,23). The molecule has 1 fully saturated rings. The maximum absolute atomic E-state index is 12.9. The zero-order valence-electron chi connectivity index (χ0n) is 13.0. The molecule has 1 aromatic carbocycles. The molecule has 1 aromatic heterocycles. The van der Waals surface area contributed by atoms with Crippen LogP contribution in [0.4, 0.5) is 15.0 Å². The fourth-order valence-corrected chi connectivity index (χ4v) is 2.88. The lowest BCUT2D eigenvalue weighted by molar-refractivity contribution is 0.244. The number of carbonyl (C=O) groups is 1. The number of rotatable bonds is 4. The van der Waals surface area contributed by atoms with E-state index in [1.807, 2.05) is 0 Å². The van der Waals surface area contributed by atoms with Crippen molar-refractivity contribution in [1.82, 2.24) is 15.1 Å². The number of halogens is 1. The Morgan fingerprint density at radius 2 is 1.91 bits per heavy atom. The van der Waals surface area contributed by atoms with Gasteiger partial charge < -0.3 is 5.32 Å². The van der Waals surface area contributed by atoms with Gasteiger partial charge in [0, 0.05) is 18.3 Å². The molecule has 0 bridgehead atoms. The van der Waals surface area contributed by atoms with Crippen LogP contribution in [0, 0.1) is 5.82 Å². The number of hydrogen-bond acceptors (Lipinski definition) is 2. The van der Waals surface area contributed by atoms with Crippen molar-refractivity contribution in [3.63, 3.8) is 0 Å². The van der Waals surface area contributed by atoms with Crippen LogP contribution in [0.3, 0.4) is 0 Å². The molecule has 0 atom stereocenters. The van der Waals surface area contributed by atoms with Crippen molar-refractivity contribution in [2.45, 2.75) is 44.7 Å². The first-order valence-corrected chi connectivity index (χ1v) is 8.04. The molecule has 1 heterocycles. The van der Waals surface area contributed by atoms with Gasteiger partial charge in [-0.05, 0) is 30.5 Å². The van der Waals surface area contributed by atoms with E-state index in [9.17, 15) is 9.18 Å². The first-order valence-electron chi connectivity index (χ1n) is 8.04. The van der Waals surface area contributed by atoms with Crippen LogP contribution in [0.1, 0.15) is 37.7 Å². The van der Waals surface area contributed by atoms with E-state index in [2.05, 4.69) is 15.7 Å². The van der Waals surface area contributed by atoms with Crippen LogP contribution in [-0.4, -0.2) is 21.9 Å². The topological polar surface area (TPSA) is 59.0 Å². The third-order valence-electron chi connectivity index (χ3n) is 4.08. The Labute approximate surface area is 134 Å². The van der Waals surface area contributed by atoms with Crippen LogP contribution in [0.5, 0.6) is 0 Å². The molecule has 2 N–H and O–H groups in total. The van der Waals surface area contributed by atoms with Gasteiger partial charge >= 0.3 is 6.03 Å². The summed E-state index contributed by atoms with van der Waals surface area (Å²) < 4.78 is 14.6. The molecule has 1 aliphatic rings. The van der Waals surface area contributed by atoms with Crippen molar-refractivity contribution in [2.24, 2.45) is 0 Å². The molecule has 0 unspecified atom stereocenters. The van der Waals surface area contributed by atoms with Gasteiger partial charge in [0.05, 0.1) is 6.54 Å². The molecule has 122 valence electrons. The summed E-state index contributed by atoms with van der Waals surface area (Å²) in [5.74, 6) is 0.261. The largest absolute Gasteiger partial charge is 0.335 e. The molecular weight excluding hydrogens is 295 g/mol. The van der Waals surface area contributed by atoms with Crippen molar-refractivity contribution >= 4 is 11.8 Å². The predicted octanol–water partition coefficient (Wildman–Crippen LogP) is 3.52. The number of aromatic nitrogens is 2. The average Bonchev–Trinajstić information content (AvgIpc) is 2.97. The summed E-state index contributed by atoms with van der Waals surface area (Å²) in [5.41, 5.74) is 0.952. The molecule has 23 heavy (non-hydrogen) atoms. The van der Waals surface area contributed by atoms with Gasteiger partial charge in [0.2, 0.25) is 0 Å². The third kappa shape index (κ3) is 4.55. The van der Waals surface area contributed by atoms with E-state index >= 15 is 0 Å². The van der Waals surface area contributed by atoms with Crippen LogP contribution in [0.2, 0.25) is 0 Å². The second-order valence-electron chi connectivity index (χ2n) is 5.96. The third-order valence-corrected chi connectivity index (χ3v) is 4.08. The van der Waals surface area contributed by atoms with Gasteiger partial charge in [-0.25, -0.2) is 9.18 Å². The Morgan fingerprint density at radius 1 is 1.17 bits per heavy atom. The second-order valence-corrected chi connectivity index (χ2v) is 5.96. The number of urea groups is 1. The average molecular weight is 316 g/mol. The fourth-order valence-electron chi connectivity index (χ4n) is 2.88. The molecule has 2 amide bonds. The van der Waals surface area contributed by atoms with Gasteiger partial charge in [0.25, 0.3) is 0 Å². The highest BCUT2D eigenvalue weighted by Crippen LogP contribution is 2.17. The van der Waals surface area contributed by atoms with Crippen LogP contribution < -0.4 is 10.6 Å². The highest BCUT2D eigenvalue weighted by Gasteiger charge is 2.16. The van der Waals surface area contributed by atoms with E-state index in [4.69, 9.17) is 0 Å². The van der Waals surface area contributed by atoms with Crippen molar-refractivity contribution in [2.75, 3.05) is 5.32 Å². The number of carbonyl (C=O) groups excluding carboxylic acids is 1. The van der Waals surface area contributed by atoms with E-state index in [1.165, 1.54) is 31.4 Å². The van der Waals surface area contributed by atoms with Crippen molar-refractivity contribution in [1.29, 1.82) is 0 Å².